The van der Waals surface area contributed by atoms with Gasteiger partial charge in [-0.15, -0.1) is 0 Å². The van der Waals surface area contributed by atoms with Gasteiger partial charge < -0.3 is 20.3 Å². The standard InChI is InChI=1S/C18H16N4O.C2H4O/c1-11-3-8-17(23-11)14-9-16(22-18(20)15(14)10-19)12-4-6-13(21-2)7-5-12;1-2-3/h3-9,21H,1-2H3,(H2,20,22);2H,1H3. The number of benzene rings is 1. The summed E-state index contributed by atoms with van der Waals surface area (Å²) in [5.74, 6) is 1.59. The molecule has 3 N–H and O–H groups in total. The molecule has 6 heteroatoms. The molecule has 3 aromatic rings. The summed E-state index contributed by atoms with van der Waals surface area (Å²) in [5.41, 5.74) is 9.60. The second-order valence-corrected chi connectivity index (χ2v) is 5.40. The summed E-state index contributed by atoms with van der Waals surface area (Å²) >= 11 is 0. The van der Waals surface area contributed by atoms with Crippen molar-refractivity contribution < 1.29 is 9.21 Å². The van der Waals surface area contributed by atoms with Gasteiger partial charge in [0.1, 0.15) is 35.3 Å². The largest absolute Gasteiger partial charge is 0.461 e. The Morgan fingerprint density at radius 3 is 2.38 bits per heavy atom. The van der Waals surface area contributed by atoms with Crippen LogP contribution in [0, 0.1) is 18.3 Å². The van der Waals surface area contributed by atoms with Gasteiger partial charge in [-0.2, -0.15) is 5.26 Å². The summed E-state index contributed by atoms with van der Waals surface area (Å²) in [5, 5.41) is 12.4. The van der Waals surface area contributed by atoms with Gasteiger partial charge in [-0.1, -0.05) is 12.1 Å². The molecule has 0 fully saturated rings. The number of hydrogen-bond donors (Lipinski definition) is 2. The van der Waals surface area contributed by atoms with E-state index in [0.29, 0.717) is 22.6 Å². The van der Waals surface area contributed by atoms with Crippen molar-refractivity contribution in [1.29, 1.82) is 5.26 Å². The smallest absolute Gasteiger partial charge is 0.142 e. The fraction of sp³-hybridized carbons (Fsp3) is 0.150. The van der Waals surface area contributed by atoms with Gasteiger partial charge in [-0.25, -0.2) is 4.98 Å². The number of nitrogens with one attached hydrogen (secondary N) is 1. The summed E-state index contributed by atoms with van der Waals surface area (Å²) in [6.45, 7) is 3.30. The topological polar surface area (TPSA) is 105 Å². The van der Waals surface area contributed by atoms with Crippen LogP contribution in [0.1, 0.15) is 18.2 Å². The first-order valence-electron chi connectivity index (χ1n) is 7.99. The van der Waals surface area contributed by atoms with Crippen molar-refractivity contribution in [2.24, 2.45) is 0 Å². The first kappa shape index (κ1) is 18.7. The van der Waals surface area contributed by atoms with Gasteiger partial charge >= 0.3 is 0 Å². The highest BCUT2D eigenvalue weighted by Crippen LogP contribution is 2.32. The zero-order valence-corrected chi connectivity index (χ0v) is 14.9. The molecule has 0 aliphatic rings. The Morgan fingerprint density at radius 1 is 1.23 bits per heavy atom. The number of carbonyl (C=O) groups is 1. The predicted octanol–water partition coefficient (Wildman–Crippen LogP) is 4.02. The average Bonchev–Trinajstić information content (AvgIpc) is 3.08. The number of rotatable bonds is 3. The summed E-state index contributed by atoms with van der Waals surface area (Å²) in [6.07, 6.45) is 0.750. The SMILES string of the molecule is CC=O.CNc1ccc(-c2cc(-c3ccc(C)o3)c(C#N)c(N)n2)cc1. The molecule has 2 aromatic heterocycles. The fourth-order valence-electron chi connectivity index (χ4n) is 2.41. The van der Waals surface area contributed by atoms with E-state index in [0.717, 1.165) is 23.3 Å². The number of nitriles is 1. The summed E-state index contributed by atoms with van der Waals surface area (Å²) < 4.78 is 5.65. The number of carbonyl (C=O) groups excluding carboxylic acids is 1. The second-order valence-electron chi connectivity index (χ2n) is 5.40. The van der Waals surface area contributed by atoms with Gasteiger partial charge in [0.25, 0.3) is 0 Å². The molecule has 1 aromatic carbocycles. The maximum Gasteiger partial charge on any atom is 0.142 e. The Morgan fingerprint density at radius 2 is 1.88 bits per heavy atom. The Kier molecular flexibility index (Phi) is 6.12. The maximum atomic E-state index is 9.38. The molecule has 2 heterocycles. The van der Waals surface area contributed by atoms with Crippen LogP contribution in [0.4, 0.5) is 11.5 Å². The zero-order valence-electron chi connectivity index (χ0n) is 14.9. The fourth-order valence-corrected chi connectivity index (χ4v) is 2.41. The van der Waals surface area contributed by atoms with Crippen LogP contribution in [0.15, 0.2) is 46.9 Å². The lowest BCUT2D eigenvalue weighted by molar-refractivity contribution is -0.106. The van der Waals surface area contributed by atoms with Crippen molar-refractivity contribution in [2.75, 3.05) is 18.1 Å². The van der Waals surface area contributed by atoms with E-state index in [1.54, 1.807) is 0 Å². The van der Waals surface area contributed by atoms with E-state index >= 15 is 0 Å². The Bertz CT molecular complexity index is 937. The Balaban J connectivity index is 0.000000758. The van der Waals surface area contributed by atoms with Crippen molar-refractivity contribution in [3.05, 3.63) is 53.8 Å². The number of pyridine rings is 1. The average molecular weight is 348 g/mol. The molecule has 26 heavy (non-hydrogen) atoms. The van der Waals surface area contributed by atoms with E-state index in [2.05, 4.69) is 16.4 Å². The first-order chi connectivity index (χ1) is 12.5. The molecule has 0 bridgehead atoms. The third-order valence-corrected chi connectivity index (χ3v) is 3.63. The van der Waals surface area contributed by atoms with Crippen LogP contribution in [-0.4, -0.2) is 18.3 Å². The summed E-state index contributed by atoms with van der Waals surface area (Å²) in [4.78, 5) is 13.2. The number of hydrogen-bond acceptors (Lipinski definition) is 6. The lowest BCUT2D eigenvalue weighted by atomic mass is 10.0. The third kappa shape index (κ3) is 4.08. The number of nitrogen functional groups attached to an aromatic ring is 1. The highest BCUT2D eigenvalue weighted by atomic mass is 16.3. The van der Waals surface area contributed by atoms with Crippen molar-refractivity contribution >= 4 is 17.8 Å². The Labute approximate surface area is 152 Å². The van der Waals surface area contributed by atoms with Crippen molar-refractivity contribution in [3.8, 4) is 28.7 Å². The quantitative estimate of drug-likeness (QED) is 0.693. The van der Waals surface area contributed by atoms with Crippen LogP contribution in [0.3, 0.4) is 0 Å². The van der Waals surface area contributed by atoms with E-state index < -0.39 is 0 Å². The number of nitrogens with two attached hydrogens (primary N) is 1. The van der Waals surface area contributed by atoms with Crippen molar-refractivity contribution in [2.45, 2.75) is 13.8 Å². The molecule has 0 saturated carbocycles. The monoisotopic (exact) mass is 348 g/mol. The summed E-state index contributed by atoms with van der Waals surface area (Å²) in [6, 6.07) is 15.5. The van der Waals surface area contributed by atoms with Crippen molar-refractivity contribution in [3.63, 3.8) is 0 Å². The van der Waals surface area contributed by atoms with Crippen molar-refractivity contribution in [1.82, 2.24) is 4.98 Å². The number of aryl methyl sites for hydroxylation is 1. The number of nitrogens with zero attached hydrogens (tertiary/aromatic N) is 2. The Hall–Kier alpha value is -3.59. The van der Waals surface area contributed by atoms with Crippen LogP contribution in [0.25, 0.3) is 22.6 Å². The molecule has 0 aliphatic carbocycles. The molecule has 0 unspecified atom stereocenters. The molecule has 0 radical (unpaired) electrons. The molecule has 0 amide bonds. The van der Waals surface area contributed by atoms with E-state index in [9.17, 15) is 5.26 Å². The molecule has 3 rings (SSSR count). The lowest BCUT2D eigenvalue weighted by Crippen LogP contribution is -1.99. The van der Waals surface area contributed by atoms with Gasteiger partial charge in [0.15, 0.2) is 0 Å². The minimum Gasteiger partial charge on any atom is -0.461 e. The van der Waals surface area contributed by atoms with Gasteiger partial charge in [0.2, 0.25) is 0 Å². The minimum absolute atomic E-state index is 0.201. The summed E-state index contributed by atoms with van der Waals surface area (Å²) in [7, 11) is 1.87. The van der Waals surface area contributed by atoms with Crippen LogP contribution in [-0.2, 0) is 4.79 Å². The van der Waals surface area contributed by atoms with Crippen LogP contribution < -0.4 is 11.1 Å². The molecular weight excluding hydrogens is 328 g/mol. The highest BCUT2D eigenvalue weighted by molar-refractivity contribution is 5.78. The van der Waals surface area contributed by atoms with E-state index in [1.165, 1.54) is 6.92 Å². The number of aromatic nitrogens is 1. The predicted molar refractivity (Wildman–Crippen MR) is 103 cm³/mol. The second kappa shape index (κ2) is 8.49. The highest BCUT2D eigenvalue weighted by Gasteiger charge is 2.15. The van der Waals surface area contributed by atoms with Gasteiger partial charge in [0.05, 0.1) is 5.69 Å². The minimum atomic E-state index is 0.201. The molecule has 0 spiro atoms. The molecule has 0 atom stereocenters. The van der Waals surface area contributed by atoms with E-state index in [4.69, 9.17) is 14.9 Å². The molecule has 0 saturated heterocycles. The van der Waals surface area contributed by atoms with Gasteiger partial charge in [0, 0.05) is 23.9 Å². The van der Waals surface area contributed by atoms with E-state index in [-0.39, 0.29) is 5.82 Å². The lowest BCUT2D eigenvalue weighted by Gasteiger charge is -2.09. The van der Waals surface area contributed by atoms with Crippen LogP contribution >= 0.6 is 0 Å². The maximum absolute atomic E-state index is 9.38. The number of aldehydes is 1. The third-order valence-electron chi connectivity index (χ3n) is 3.63. The van der Waals surface area contributed by atoms with Gasteiger partial charge in [-0.05, 0) is 44.2 Å². The number of anilines is 2. The molecular formula is C20H20N4O2. The zero-order chi connectivity index (χ0) is 19.1. The molecule has 132 valence electrons. The molecule has 6 nitrogen and oxygen atoms in total. The normalized spacial score (nSPS) is 9.62. The van der Waals surface area contributed by atoms with Crippen LogP contribution in [0.5, 0.6) is 0 Å². The van der Waals surface area contributed by atoms with Gasteiger partial charge in [-0.3, -0.25) is 0 Å². The molecule has 0 aliphatic heterocycles. The van der Waals surface area contributed by atoms with Crippen LogP contribution in [0.2, 0.25) is 0 Å². The first-order valence-corrected chi connectivity index (χ1v) is 7.99. The number of furan rings is 1. The van der Waals surface area contributed by atoms with E-state index in [1.807, 2.05) is 56.4 Å².